The van der Waals surface area contributed by atoms with E-state index in [1.165, 1.54) is 44.9 Å². The van der Waals surface area contributed by atoms with E-state index in [1.807, 2.05) is 0 Å². The van der Waals surface area contributed by atoms with Gasteiger partial charge in [0.05, 0.1) is 6.61 Å². The molecule has 0 bridgehead atoms. The Morgan fingerprint density at radius 3 is 1.76 bits per heavy atom. The highest BCUT2D eigenvalue weighted by atomic mass is 32.2. The van der Waals surface area contributed by atoms with E-state index in [9.17, 15) is 8.42 Å². The fourth-order valence-electron chi connectivity index (χ4n) is 1.85. The molecule has 0 aromatic carbocycles. The van der Waals surface area contributed by atoms with E-state index in [-0.39, 0.29) is 0 Å². The first-order chi connectivity index (χ1) is 8.13. The molecule has 0 fully saturated rings. The van der Waals surface area contributed by atoms with Gasteiger partial charge in [0, 0.05) is 0 Å². The van der Waals surface area contributed by atoms with Crippen molar-refractivity contribution >= 4 is 11.0 Å². The lowest BCUT2D eigenvalue weighted by molar-refractivity contribution is 0.319. The number of thiol groups is 1. The molecule has 0 aliphatic carbocycles. The summed E-state index contributed by atoms with van der Waals surface area (Å²) in [5.74, 6) is 0.836. The van der Waals surface area contributed by atoms with Crippen LogP contribution >= 0.6 is 0 Å². The highest BCUT2D eigenvalue weighted by molar-refractivity contribution is 7.67. The molecule has 0 unspecified atom stereocenters. The molecular formula is C13H28O3S. The van der Waals surface area contributed by atoms with Crippen molar-refractivity contribution in [2.75, 3.05) is 6.61 Å². The first-order valence-electron chi connectivity index (χ1n) is 6.90. The molecule has 3 nitrogen and oxygen atoms in total. The molecule has 0 saturated heterocycles. The minimum atomic E-state index is -2.64. The summed E-state index contributed by atoms with van der Waals surface area (Å²) in [6.45, 7) is 4.91. The van der Waals surface area contributed by atoms with Crippen molar-refractivity contribution in [3.8, 4) is 0 Å². The molecule has 0 aromatic rings. The zero-order valence-corrected chi connectivity index (χ0v) is 12.2. The third-order valence-electron chi connectivity index (χ3n) is 2.87. The topological polar surface area (TPSA) is 43.4 Å². The Morgan fingerprint density at radius 2 is 1.29 bits per heavy atom. The highest BCUT2D eigenvalue weighted by Gasteiger charge is 1.95. The quantitative estimate of drug-likeness (QED) is 0.432. The van der Waals surface area contributed by atoms with Gasteiger partial charge in [-0.15, -0.1) is 0 Å². The lowest BCUT2D eigenvalue weighted by Gasteiger charge is -2.04. The van der Waals surface area contributed by atoms with Crippen molar-refractivity contribution in [3.05, 3.63) is 0 Å². The number of rotatable bonds is 12. The van der Waals surface area contributed by atoms with Crippen molar-refractivity contribution < 1.29 is 12.6 Å². The molecule has 0 aliphatic rings. The summed E-state index contributed by atoms with van der Waals surface area (Å²) in [6.07, 6.45) is 11.1. The first kappa shape index (κ1) is 16.9. The van der Waals surface area contributed by atoms with Crippen LogP contribution in [0.5, 0.6) is 0 Å². The van der Waals surface area contributed by atoms with Crippen LogP contribution in [0.2, 0.25) is 0 Å². The highest BCUT2D eigenvalue weighted by Crippen LogP contribution is 2.12. The van der Waals surface area contributed by atoms with Crippen molar-refractivity contribution in [2.45, 2.75) is 71.6 Å². The molecule has 0 heterocycles. The van der Waals surface area contributed by atoms with Crippen LogP contribution in [0.4, 0.5) is 0 Å². The molecule has 0 spiro atoms. The second-order valence-corrected chi connectivity index (χ2v) is 5.77. The van der Waals surface area contributed by atoms with Crippen LogP contribution in [0.3, 0.4) is 0 Å². The molecule has 0 amide bonds. The van der Waals surface area contributed by atoms with Gasteiger partial charge in [-0.1, -0.05) is 65.2 Å². The summed E-state index contributed by atoms with van der Waals surface area (Å²) in [4.78, 5) is 0. The molecular weight excluding hydrogens is 236 g/mol. The maximum atomic E-state index is 10.1. The average molecular weight is 264 g/mol. The van der Waals surface area contributed by atoms with Crippen LogP contribution in [0.25, 0.3) is 0 Å². The van der Waals surface area contributed by atoms with Gasteiger partial charge in [0.2, 0.25) is 0 Å². The van der Waals surface area contributed by atoms with E-state index in [0.29, 0.717) is 6.61 Å². The van der Waals surface area contributed by atoms with Gasteiger partial charge < -0.3 is 0 Å². The van der Waals surface area contributed by atoms with E-state index < -0.39 is 11.0 Å². The van der Waals surface area contributed by atoms with E-state index in [1.54, 1.807) is 0 Å². The average Bonchev–Trinajstić information content (AvgIpc) is 2.25. The summed E-state index contributed by atoms with van der Waals surface area (Å²) in [6, 6.07) is 0. The van der Waals surface area contributed by atoms with Crippen LogP contribution in [-0.2, 0) is 15.2 Å². The fraction of sp³-hybridized carbons (Fsp3) is 1.00. The third kappa shape index (κ3) is 15.9. The smallest absolute Gasteiger partial charge is 0.257 e. The summed E-state index contributed by atoms with van der Waals surface area (Å²) in [5, 5.41) is 0. The Bertz CT molecular complexity index is 217. The molecule has 0 aliphatic heterocycles. The van der Waals surface area contributed by atoms with E-state index in [4.69, 9.17) is 0 Å². The molecule has 0 saturated carbocycles. The molecule has 0 aromatic heterocycles. The number of hydrogen-bond donors (Lipinski definition) is 1. The van der Waals surface area contributed by atoms with Gasteiger partial charge >= 0.3 is 0 Å². The molecule has 0 radical (unpaired) electrons. The largest absolute Gasteiger partial charge is 0.272 e. The Morgan fingerprint density at radius 1 is 0.824 bits per heavy atom. The summed E-state index contributed by atoms with van der Waals surface area (Å²) in [7, 11) is -2.64. The van der Waals surface area contributed by atoms with Gasteiger partial charge in [-0.2, -0.15) is 0 Å². The van der Waals surface area contributed by atoms with Gasteiger partial charge in [-0.25, -0.2) is 8.42 Å². The summed E-state index contributed by atoms with van der Waals surface area (Å²) >= 11 is 0. The van der Waals surface area contributed by atoms with Gasteiger partial charge in [0.15, 0.2) is 0 Å². The van der Waals surface area contributed by atoms with Crippen LogP contribution in [0.15, 0.2) is 0 Å². The zero-order valence-electron chi connectivity index (χ0n) is 11.3. The maximum Gasteiger partial charge on any atom is 0.257 e. The lowest BCUT2D eigenvalue weighted by Crippen LogP contribution is -1.92. The maximum absolute atomic E-state index is 10.1. The fourth-order valence-corrected chi connectivity index (χ4v) is 2.13. The molecule has 0 rings (SSSR count). The van der Waals surface area contributed by atoms with Crippen molar-refractivity contribution in [2.24, 2.45) is 5.92 Å². The summed E-state index contributed by atoms with van der Waals surface area (Å²) in [5.41, 5.74) is 0. The van der Waals surface area contributed by atoms with Crippen molar-refractivity contribution in [1.82, 2.24) is 0 Å². The van der Waals surface area contributed by atoms with Crippen molar-refractivity contribution in [3.63, 3.8) is 0 Å². The third-order valence-corrected chi connectivity index (χ3v) is 3.27. The van der Waals surface area contributed by atoms with Crippen LogP contribution in [-0.4, -0.2) is 15.0 Å². The second kappa shape index (κ2) is 12.4. The molecule has 104 valence electrons. The minimum absolute atomic E-state index is 0.354. The van der Waals surface area contributed by atoms with E-state index >= 15 is 0 Å². The monoisotopic (exact) mass is 264 g/mol. The molecule has 0 atom stereocenters. The first-order valence-corrected chi connectivity index (χ1v) is 7.99. The Kier molecular flexibility index (Phi) is 12.3. The van der Waals surface area contributed by atoms with Crippen molar-refractivity contribution in [1.29, 1.82) is 0 Å². The Hall–Kier alpha value is -0.0900. The predicted octanol–water partition coefficient (Wildman–Crippen LogP) is 3.70. The predicted molar refractivity (Wildman–Crippen MR) is 72.7 cm³/mol. The second-order valence-electron chi connectivity index (χ2n) is 5.07. The standard InChI is InChI=1S/C13H28O3S/c1-13(2)11-9-7-5-3-4-6-8-10-12-16-17(14)15/h13,17H,3-12H2,1-2H3. The summed E-state index contributed by atoms with van der Waals surface area (Å²) < 4.78 is 24.7. The zero-order chi connectivity index (χ0) is 12.9. The van der Waals surface area contributed by atoms with Gasteiger partial charge in [-0.3, -0.25) is 4.18 Å². The van der Waals surface area contributed by atoms with Gasteiger partial charge in [-0.05, 0) is 12.3 Å². The van der Waals surface area contributed by atoms with E-state index in [2.05, 4.69) is 18.0 Å². The Labute approximate surface area is 108 Å². The molecule has 4 heteroatoms. The van der Waals surface area contributed by atoms with Gasteiger partial charge in [0.1, 0.15) is 0 Å². The molecule has 17 heavy (non-hydrogen) atoms. The SMILES string of the molecule is CC(C)CCCCCCCCCCO[SH](=O)=O. The minimum Gasteiger partial charge on any atom is -0.272 e. The number of unbranched alkanes of at least 4 members (excludes halogenated alkanes) is 7. The van der Waals surface area contributed by atoms with Crippen LogP contribution in [0, 0.1) is 5.92 Å². The number of hydrogen-bond acceptors (Lipinski definition) is 3. The normalized spacial score (nSPS) is 11.5. The molecule has 0 N–H and O–H groups in total. The van der Waals surface area contributed by atoms with Gasteiger partial charge in [0.25, 0.3) is 11.0 Å². The van der Waals surface area contributed by atoms with E-state index in [0.717, 1.165) is 18.8 Å². The Balaban J connectivity index is 2.98. The lowest BCUT2D eigenvalue weighted by atomic mass is 10.0. The van der Waals surface area contributed by atoms with Crippen LogP contribution in [0.1, 0.15) is 71.6 Å². The van der Waals surface area contributed by atoms with Crippen LogP contribution < -0.4 is 0 Å².